The van der Waals surface area contributed by atoms with Gasteiger partial charge in [-0.3, -0.25) is 0 Å². The summed E-state index contributed by atoms with van der Waals surface area (Å²) in [6.07, 6.45) is 6.67. The number of benzene rings is 1. The fourth-order valence-corrected chi connectivity index (χ4v) is 5.28. The van der Waals surface area contributed by atoms with Crippen molar-refractivity contribution in [2.75, 3.05) is 12.8 Å². The Kier molecular flexibility index (Phi) is 10.8. The number of nitrogen functional groups attached to an aromatic ring is 1. The van der Waals surface area contributed by atoms with Gasteiger partial charge in [-0.25, -0.2) is 28.1 Å². The number of nitrogens with zero attached hydrogens (tertiary/aromatic N) is 6. The maximum atomic E-state index is 14.1. The van der Waals surface area contributed by atoms with Crippen molar-refractivity contribution in [3.8, 4) is 5.75 Å². The smallest absolute Gasteiger partial charge is 0.249 e. The first kappa shape index (κ1) is 31.9. The minimum atomic E-state index is -2.55. The Morgan fingerprint density at radius 3 is 2.49 bits per heavy atom. The van der Waals surface area contributed by atoms with E-state index in [1.807, 2.05) is 40.8 Å². The molecule has 1 atom stereocenters. The van der Waals surface area contributed by atoms with Gasteiger partial charge in [0.05, 0.1) is 12.5 Å². The molecule has 0 bridgehead atoms. The maximum Gasteiger partial charge on any atom is 0.249 e. The number of aryl methyl sites for hydroxylation is 1. The Morgan fingerprint density at radius 2 is 1.85 bits per heavy atom. The number of imidazole rings is 1. The summed E-state index contributed by atoms with van der Waals surface area (Å²) in [7, 11) is 1.45. The topological polar surface area (TPSA) is 96.2 Å². The Hall–Kier alpha value is -3.63. The van der Waals surface area contributed by atoms with Crippen molar-refractivity contribution in [3.05, 3.63) is 54.1 Å². The fraction of sp³-hybridized carbons (Fsp3) is 0.533. The molecule has 1 aliphatic heterocycles. The molecule has 8 nitrogen and oxygen atoms in total. The summed E-state index contributed by atoms with van der Waals surface area (Å²) in [6, 6.07) is 2.62. The van der Waals surface area contributed by atoms with E-state index in [4.69, 9.17) is 10.5 Å². The van der Waals surface area contributed by atoms with E-state index in [1.54, 1.807) is 6.08 Å². The highest BCUT2D eigenvalue weighted by atomic mass is 19.3. The second-order valence-electron chi connectivity index (χ2n) is 9.76. The van der Waals surface area contributed by atoms with E-state index in [9.17, 15) is 13.2 Å². The molecule has 1 aliphatic carbocycles. The first-order valence-corrected chi connectivity index (χ1v) is 14.4. The molecule has 2 aliphatic rings. The molecule has 2 N–H and O–H groups in total. The van der Waals surface area contributed by atoms with Crippen molar-refractivity contribution in [1.82, 2.24) is 29.1 Å². The zero-order chi connectivity index (χ0) is 30.3. The van der Waals surface area contributed by atoms with Crippen LogP contribution in [0.1, 0.15) is 83.6 Å². The molecule has 11 heteroatoms. The van der Waals surface area contributed by atoms with Crippen molar-refractivity contribution >= 4 is 22.5 Å². The van der Waals surface area contributed by atoms with E-state index in [0.717, 1.165) is 37.3 Å². The van der Waals surface area contributed by atoms with Gasteiger partial charge in [-0.2, -0.15) is 4.52 Å². The number of alkyl halides is 2. The lowest BCUT2D eigenvalue weighted by Crippen LogP contribution is -2.36. The summed E-state index contributed by atoms with van der Waals surface area (Å²) in [5, 5.41) is 4.99. The second kappa shape index (κ2) is 13.8. The third kappa shape index (κ3) is 6.82. The van der Waals surface area contributed by atoms with Crippen molar-refractivity contribution in [2.45, 2.75) is 91.5 Å². The van der Waals surface area contributed by atoms with E-state index in [0.29, 0.717) is 34.7 Å². The molecule has 6 rings (SSSR count). The molecule has 224 valence electrons. The van der Waals surface area contributed by atoms with Crippen LogP contribution in [0.4, 0.5) is 19.1 Å². The number of aromatic nitrogens is 6. The highest BCUT2D eigenvalue weighted by molar-refractivity contribution is 5.95. The van der Waals surface area contributed by atoms with E-state index >= 15 is 0 Å². The van der Waals surface area contributed by atoms with Crippen molar-refractivity contribution in [3.63, 3.8) is 0 Å². The first-order valence-electron chi connectivity index (χ1n) is 14.4. The molecule has 1 fully saturated rings. The highest BCUT2D eigenvalue weighted by Crippen LogP contribution is 2.48. The van der Waals surface area contributed by atoms with Crippen LogP contribution in [0.15, 0.2) is 31.0 Å². The normalized spacial score (nSPS) is 17.1. The molecule has 1 aromatic carbocycles. The third-order valence-corrected chi connectivity index (χ3v) is 7.05. The van der Waals surface area contributed by atoms with Crippen molar-refractivity contribution in [2.24, 2.45) is 5.92 Å². The Labute approximate surface area is 239 Å². The van der Waals surface area contributed by atoms with Gasteiger partial charge in [-0.05, 0) is 38.2 Å². The summed E-state index contributed by atoms with van der Waals surface area (Å²) >= 11 is 0. The van der Waals surface area contributed by atoms with E-state index in [2.05, 4.69) is 31.2 Å². The highest BCUT2D eigenvalue weighted by Gasteiger charge is 2.48. The minimum absolute atomic E-state index is 0.102. The Balaban J connectivity index is 0.000000610. The SMILES string of the molecule is C=CC.CC.CC.COc1cc(F)cc2c1nc(N)n1nc(CCC3CCn4c(cnc4C4CC(F)(F)C4)C3)nc21. The van der Waals surface area contributed by atoms with Crippen molar-refractivity contribution in [1.29, 1.82) is 0 Å². The molecular formula is C30H42F3N7O. The standard InChI is InChI=1S/C23H24F3N7O.C3H6.2C2H6/c1-34-17-8-14(24)7-16-19(17)30-22(27)33-21(16)29-18(31-33)3-2-12-4-5-32-15(6-12)11-28-20(32)13-9-23(25,26)10-13;1-3-2;2*1-2/h7-8,11-13H,2-6,9-10H2,1H3,(H2,27,30);3H,1H2,2H3;2*1-2H3. The van der Waals surface area contributed by atoms with Crippen LogP contribution in [0.3, 0.4) is 0 Å². The van der Waals surface area contributed by atoms with Gasteiger partial charge >= 0.3 is 0 Å². The molecular weight excluding hydrogens is 531 g/mol. The summed E-state index contributed by atoms with van der Waals surface area (Å²) in [4.78, 5) is 13.4. The third-order valence-electron chi connectivity index (χ3n) is 7.05. The first-order chi connectivity index (χ1) is 19.7. The fourth-order valence-electron chi connectivity index (χ4n) is 5.28. The number of ether oxygens (including phenoxy) is 1. The second-order valence-corrected chi connectivity index (χ2v) is 9.76. The van der Waals surface area contributed by atoms with Crippen LogP contribution < -0.4 is 10.5 Å². The van der Waals surface area contributed by atoms with Gasteiger partial charge in [0.15, 0.2) is 11.5 Å². The average molecular weight is 574 g/mol. The largest absolute Gasteiger partial charge is 0.494 e. The summed E-state index contributed by atoms with van der Waals surface area (Å²) in [6.45, 7) is 14.0. The summed E-state index contributed by atoms with van der Waals surface area (Å²) < 4.78 is 49.5. The number of methoxy groups -OCH3 is 1. The number of rotatable bonds is 5. The summed E-state index contributed by atoms with van der Waals surface area (Å²) in [5.41, 5.74) is 8.08. The lowest BCUT2D eigenvalue weighted by Gasteiger charge is -2.35. The molecule has 4 aromatic rings. The maximum absolute atomic E-state index is 14.1. The van der Waals surface area contributed by atoms with Crippen LogP contribution in [0.2, 0.25) is 0 Å². The van der Waals surface area contributed by atoms with Crippen LogP contribution in [0, 0.1) is 11.7 Å². The number of allylic oxidation sites excluding steroid dienone is 1. The predicted octanol–water partition coefficient (Wildman–Crippen LogP) is 7.16. The molecule has 41 heavy (non-hydrogen) atoms. The number of nitrogens with two attached hydrogens (primary N) is 1. The van der Waals surface area contributed by atoms with E-state index in [-0.39, 0.29) is 30.5 Å². The molecule has 3 aromatic heterocycles. The average Bonchev–Trinajstić information content (AvgIpc) is 3.58. The Morgan fingerprint density at radius 1 is 1.17 bits per heavy atom. The lowest BCUT2D eigenvalue weighted by atomic mass is 9.80. The number of anilines is 1. The van der Waals surface area contributed by atoms with Gasteiger partial charge in [-0.1, -0.05) is 33.8 Å². The van der Waals surface area contributed by atoms with Crippen LogP contribution >= 0.6 is 0 Å². The van der Waals surface area contributed by atoms with Crippen LogP contribution in [0.5, 0.6) is 5.75 Å². The molecule has 0 spiro atoms. The van der Waals surface area contributed by atoms with Crippen LogP contribution in [0.25, 0.3) is 16.6 Å². The van der Waals surface area contributed by atoms with Gasteiger partial charge < -0.3 is 15.0 Å². The molecule has 0 saturated heterocycles. The number of hydrogen-bond donors (Lipinski definition) is 1. The number of fused-ring (bicyclic) bond motifs is 4. The molecule has 0 amide bonds. The summed E-state index contributed by atoms with van der Waals surface area (Å²) in [5.74, 6) is -0.863. The molecule has 0 radical (unpaired) electrons. The molecule has 1 saturated carbocycles. The Bertz CT molecular complexity index is 1460. The lowest BCUT2D eigenvalue weighted by molar-refractivity contribution is -0.0892. The minimum Gasteiger partial charge on any atom is -0.494 e. The van der Waals surface area contributed by atoms with E-state index < -0.39 is 11.7 Å². The number of halogens is 3. The van der Waals surface area contributed by atoms with Gasteiger partial charge in [-0.15, -0.1) is 11.7 Å². The van der Waals surface area contributed by atoms with Gasteiger partial charge in [0.25, 0.3) is 0 Å². The van der Waals surface area contributed by atoms with Gasteiger partial charge in [0.2, 0.25) is 11.9 Å². The predicted molar refractivity (Wildman–Crippen MR) is 157 cm³/mol. The van der Waals surface area contributed by atoms with Gasteiger partial charge in [0, 0.05) is 49.7 Å². The molecule has 1 unspecified atom stereocenters. The monoisotopic (exact) mass is 573 g/mol. The molecule has 4 heterocycles. The van der Waals surface area contributed by atoms with E-state index in [1.165, 1.54) is 23.8 Å². The van der Waals surface area contributed by atoms with Crippen LogP contribution in [-0.2, 0) is 19.4 Å². The van der Waals surface area contributed by atoms with Crippen LogP contribution in [-0.4, -0.2) is 42.2 Å². The zero-order valence-corrected chi connectivity index (χ0v) is 24.9. The van der Waals surface area contributed by atoms with Crippen molar-refractivity contribution < 1.29 is 17.9 Å². The quantitative estimate of drug-likeness (QED) is 0.255. The van der Waals surface area contributed by atoms with Gasteiger partial charge in [0.1, 0.15) is 22.9 Å². The number of hydrogen-bond acceptors (Lipinski definition) is 6. The zero-order valence-electron chi connectivity index (χ0n) is 24.9.